The Morgan fingerprint density at radius 3 is 2.24 bits per heavy atom. The molecule has 0 spiro atoms. The van der Waals surface area contributed by atoms with E-state index in [4.69, 9.17) is 4.74 Å². The number of hydrogen-bond acceptors (Lipinski definition) is 5. The van der Waals surface area contributed by atoms with Crippen LogP contribution >= 0.6 is 0 Å². The minimum atomic E-state index is -3.89. The molecular weight excluding hydrogens is 454 g/mol. The lowest BCUT2D eigenvalue weighted by Crippen LogP contribution is -2.35. The third kappa shape index (κ3) is 6.58. The fourth-order valence-electron chi connectivity index (χ4n) is 3.27. The maximum atomic E-state index is 12.9. The Morgan fingerprint density at radius 1 is 0.941 bits per heavy atom. The molecule has 9 heteroatoms. The fraction of sp³-hybridized carbons (Fsp3) is 0.200. The van der Waals surface area contributed by atoms with Gasteiger partial charge in [-0.1, -0.05) is 24.3 Å². The molecule has 0 aliphatic rings. The first kappa shape index (κ1) is 24.8. The summed E-state index contributed by atoms with van der Waals surface area (Å²) < 4.78 is 33.5. The first-order chi connectivity index (χ1) is 16.2. The molecule has 8 nitrogen and oxygen atoms in total. The Morgan fingerprint density at radius 2 is 1.59 bits per heavy atom. The summed E-state index contributed by atoms with van der Waals surface area (Å²) in [6.07, 6.45) is 0.0264. The van der Waals surface area contributed by atoms with E-state index in [2.05, 4.69) is 15.4 Å². The summed E-state index contributed by atoms with van der Waals surface area (Å²) in [6.45, 7) is 3.40. The highest BCUT2D eigenvalue weighted by molar-refractivity contribution is 7.92. The molecule has 1 atom stereocenters. The van der Waals surface area contributed by atoms with Gasteiger partial charge >= 0.3 is 0 Å². The normalized spacial score (nSPS) is 11.9. The minimum Gasteiger partial charge on any atom is -0.497 e. The van der Waals surface area contributed by atoms with E-state index in [9.17, 15) is 18.0 Å². The van der Waals surface area contributed by atoms with E-state index in [0.29, 0.717) is 28.3 Å². The maximum absolute atomic E-state index is 12.9. The van der Waals surface area contributed by atoms with Crippen LogP contribution in [0.25, 0.3) is 0 Å². The molecule has 0 saturated carbocycles. The van der Waals surface area contributed by atoms with Gasteiger partial charge in [-0.15, -0.1) is 0 Å². The van der Waals surface area contributed by atoms with E-state index in [-0.39, 0.29) is 23.1 Å². The Labute approximate surface area is 199 Å². The number of aryl methyl sites for hydroxylation is 1. The SMILES string of the molecule is COc1ccc(NS(=O)(=O)c2cc(NC(=O)C[C@H](C)NC(=O)c3ccccc3)ccc2C)cc1. The van der Waals surface area contributed by atoms with Gasteiger partial charge in [0, 0.05) is 29.4 Å². The van der Waals surface area contributed by atoms with Crippen LogP contribution in [0, 0.1) is 6.92 Å². The van der Waals surface area contributed by atoms with Crippen LogP contribution in [0.3, 0.4) is 0 Å². The molecule has 0 radical (unpaired) electrons. The molecule has 0 heterocycles. The molecule has 3 aromatic rings. The molecule has 0 fully saturated rings. The predicted molar refractivity (Wildman–Crippen MR) is 132 cm³/mol. The number of hydrogen-bond donors (Lipinski definition) is 3. The van der Waals surface area contributed by atoms with Crippen LogP contribution in [0.5, 0.6) is 5.75 Å². The summed E-state index contributed by atoms with van der Waals surface area (Å²) in [6, 6.07) is 19.5. The summed E-state index contributed by atoms with van der Waals surface area (Å²) in [7, 11) is -2.36. The van der Waals surface area contributed by atoms with Crippen LogP contribution in [-0.2, 0) is 14.8 Å². The number of carbonyl (C=O) groups is 2. The van der Waals surface area contributed by atoms with Gasteiger partial charge < -0.3 is 15.4 Å². The zero-order chi connectivity index (χ0) is 24.7. The van der Waals surface area contributed by atoms with Crippen molar-refractivity contribution in [3.05, 3.63) is 83.9 Å². The summed E-state index contributed by atoms with van der Waals surface area (Å²) in [5.74, 6) is -0.0107. The number of sulfonamides is 1. The largest absolute Gasteiger partial charge is 0.497 e. The standard InChI is InChI=1S/C25H27N3O5S/c1-17-9-10-21(16-23(17)34(31,32)28-20-11-13-22(33-3)14-12-20)27-24(29)15-18(2)26-25(30)19-7-5-4-6-8-19/h4-14,16,18,28H,15H2,1-3H3,(H,26,30)(H,27,29)/t18-/m0/s1. The average Bonchev–Trinajstić information content (AvgIpc) is 2.81. The number of rotatable bonds is 9. The topological polar surface area (TPSA) is 114 Å². The lowest BCUT2D eigenvalue weighted by atomic mass is 10.1. The van der Waals surface area contributed by atoms with Crippen LogP contribution in [0.2, 0.25) is 0 Å². The zero-order valence-electron chi connectivity index (χ0n) is 19.2. The van der Waals surface area contributed by atoms with E-state index < -0.39 is 16.1 Å². The number of nitrogens with one attached hydrogen (secondary N) is 3. The smallest absolute Gasteiger partial charge is 0.262 e. The third-order valence-electron chi connectivity index (χ3n) is 5.01. The fourth-order valence-corrected chi connectivity index (χ4v) is 4.60. The number of anilines is 2. The minimum absolute atomic E-state index is 0.0264. The summed E-state index contributed by atoms with van der Waals surface area (Å²) in [5, 5.41) is 5.48. The van der Waals surface area contributed by atoms with Crippen molar-refractivity contribution < 1.29 is 22.7 Å². The van der Waals surface area contributed by atoms with Gasteiger partial charge in [-0.05, 0) is 67.9 Å². The third-order valence-corrected chi connectivity index (χ3v) is 6.53. The molecule has 0 aliphatic carbocycles. The van der Waals surface area contributed by atoms with E-state index >= 15 is 0 Å². The van der Waals surface area contributed by atoms with Crippen molar-refractivity contribution in [1.82, 2.24) is 5.32 Å². The molecule has 34 heavy (non-hydrogen) atoms. The van der Waals surface area contributed by atoms with Crippen LogP contribution in [0.1, 0.15) is 29.3 Å². The van der Waals surface area contributed by atoms with Crippen LogP contribution < -0.4 is 20.1 Å². The number of methoxy groups -OCH3 is 1. The van der Waals surface area contributed by atoms with Gasteiger partial charge in [0.15, 0.2) is 0 Å². The van der Waals surface area contributed by atoms with E-state index in [1.807, 2.05) is 6.07 Å². The number of benzene rings is 3. The average molecular weight is 482 g/mol. The Hall–Kier alpha value is -3.85. The van der Waals surface area contributed by atoms with Gasteiger partial charge in [0.25, 0.3) is 15.9 Å². The van der Waals surface area contributed by atoms with Crippen LogP contribution in [0.4, 0.5) is 11.4 Å². The lowest BCUT2D eigenvalue weighted by Gasteiger charge is -2.15. The molecule has 2 amide bonds. The molecule has 0 aliphatic heterocycles. The van der Waals surface area contributed by atoms with Crippen LogP contribution in [0.15, 0.2) is 77.7 Å². The van der Waals surface area contributed by atoms with Gasteiger partial charge in [-0.25, -0.2) is 8.42 Å². The van der Waals surface area contributed by atoms with Crippen molar-refractivity contribution in [1.29, 1.82) is 0 Å². The van der Waals surface area contributed by atoms with Crippen molar-refractivity contribution in [2.75, 3.05) is 17.1 Å². The van der Waals surface area contributed by atoms with Gasteiger partial charge in [-0.3, -0.25) is 14.3 Å². The molecule has 3 aromatic carbocycles. The first-order valence-electron chi connectivity index (χ1n) is 10.6. The molecule has 0 bridgehead atoms. The summed E-state index contributed by atoms with van der Waals surface area (Å²) in [4.78, 5) is 24.8. The summed E-state index contributed by atoms with van der Waals surface area (Å²) in [5.41, 5.74) is 1.76. The number of amides is 2. The summed E-state index contributed by atoms with van der Waals surface area (Å²) >= 11 is 0. The Balaban J connectivity index is 1.65. The second kappa shape index (κ2) is 10.8. The number of ether oxygens (including phenoxy) is 1. The highest BCUT2D eigenvalue weighted by atomic mass is 32.2. The van der Waals surface area contributed by atoms with Crippen molar-refractivity contribution >= 4 is 33.2 Å². The molecule has 3 N–H and O–H groups in total. The van der Waals surface area contributed by atoms with E-state index in [1.165, 1.54) is 13.2 Å². The molecule has 0 saturated heterocycles. The van der Waals surface area contributed by atoms with Gasteiger partial charge in [0.1, 0.15) is 5.75 Å². The van der Waals surface area contributed by atoms with Gasteiger partial charge in [0.05, 0.1) is 12.0 Å². The quantitative estimate of drug-likeness (QED) is 0.428. The van der Waals surface area contributed by atoms with Crippen molar-refractivity contribution in [3.63, 3.8) is 0 Å². The first-order valence-corrected chi connectivity index (χ1v) is 12.1. The van der Waals surface area contributed by atoms with Gasteiger partial charge in [0.2, 0.25) is 5.91 Å². The van der Waals surface area contributed by atoms with Crippen molar-refractivity contribution in [3.8, 4) is 5.75 Å². The number of carbonyl (C=O) groups excluding carboxylic acids is 2. The molecule has 0 aromatic heterocycles. The van der Waals surface area contributed by atoms with Gasteiger partial charge in [-0.2, -0.15) is 0 Å². The molecule has 3 rings (SSSR count). The van der Waals surface area contributed by atoms with E-state index in [1.54, 1.807) is 74.5 Å². The zero-order valence-corrected chi connectivity index (χ0v) is 20.0. The lowest BCUT2D eigenvalue weighted by molar-refractivity contribution is -0.116. The van der Waals surface area contributed by atoms with Crippen molar-refractivity contribution in [2.45, 2.75) is 31.2 Å². The predicted octanol–water partition coefficient (Wildman–Crippen LogP) is 3.95. The molecular formula is C25H27N3O5S. The highest BCUT2D eigenvalue weighted by Gasteiger charge is 2.19. The highest BCUT2D eigenvalue weighted by Crippen LogP contribution is 2.24. The monoisotopic (exact) mass is 481 g/mol. The Bertz CT molecular complexity index is 1260. The second-order valence-corrected chi connectivity index (χ2v) is 9.46. The Kier molecular flexibility index (Phi) is 7.91. The second-order valence-electron chi connectivity index (χ2n) is 7.81. The van der Waals surface area contributed by atoms with Crippen molar-refractivity contribution in [2.24, 2.45) is 0 Å². The maximum Gasteiger partial charge on any atom is 0.262 e. The van der Waals surface area contributed by atoms with Crippen LogP contribution in [-0.4, -0.2) is 33.4 Å². The molecule has 0 unspecified atom stereocenters. The van der Waals surface area contributed by atoms with E-state index in [0.717, 1.165) is 0 Å². The molecule has 178 valence electrons.